The van der Waals surface area contributed by atoms with Gasteiger partial charge in [-0.1, -0.05) is 25.4 Å². The summed E-state index contributed by atoms with van der Waals surface area (Å²) in [6.45, 7) is 5.99. The summed E-state index contributed by atoms with van der Waals surface area (Å²) in [7, 11) is 1.54. The molecule has 1 aliphatic rings. The van der Waals surface area contributed by atoms with E-state index in [-0.39, 0.29) is 11.9 Å². The highest BCUT2D eigenvalue weighted by Crippen LogP contribution is 2.37. The molecular weight excluding hydrogens is 316 g/mol. The second-order valence-electron chi connectivity index (χ2n) is 6.32. The Balaban J connectivity index is 2.19. The molecule has 1 amide bonds. The van der Waals surface area contributed by atoms with Crippen LogP contribution in [0.3, 0.4) is 0 Å². The highest BCUT2D eigenvalue weighted by molar-refractivity contribution is 6.32. The minimum absolute atomic E-state index is 0.0486. The van der Waals surface area contributed by atoms with Crippen LogP contribution in [0.4, 0.5) is 0 Å². The van der Waals surface area contributed by atoms with Crippen LogP contribution in [-0.2, 0) is 0 Å². The van der Waals surface area contributed by atoms with Gasteiger partial charge in [0.2, 0.25) is 0 Å². The van der Waals surface area contributed by atoms with Crippen LogP contribution in [0.1, 0.15) is 37.0 Å². The number of nitrogens with two attached hydrogens (primary N) is 1. The van der Waals surface area contributed by atoms with Gasteiger partial charge in [-0.3, -0.25) is 4.79 Å². The van der Waals surface area contributed by atoms with Gasteiger partial charge in [-0.05, 0) is 30.9 Å². The Morgan fingerprint density at radius 1 is 1.39 bits per heavy atom. The predicted molar refractivity (Wildman–Crippen MR) is 91.4 cm³/mol. The van der Waals surface area contributed by atoms with Crippen molar-refractivity contribution in [2.75, 3.05) is 26.8 Å². The molecule has 23 heavy (non-hydrogen) atoms. The number of piperidine rings is 1. The largest absolute Gasteiger partial charge is 0.493 e. The minimum atomic E-state index is -0.0486. The van der Waals surface area contributed by atoms with E-state index in [4.69, 9.17) is 26.8 Å². The number of amides is 1. The van der Waals surface area contributed by atoms with Crippen LogP contribution in [0.5, 0.6) is 11.5 Å². The van der Waals surface area contributed by atoms with Crippen molar-refractivity contribution >= 4 is 17.5 Å². The van der Waals surface area contributed by atoms with Crippen LogP contribution < -0.4 is 15.2 Å². The number of benzene rings is 1. The minimum Gasteiger partial charge on any atom is -0.493 e. The fourth-order valence-electron chi connectivity index (χ4n) is 2.52. The average Bonchev–Trinajstić information content (AvgIpc) is 2.52. The molecule has 1 saturated heterocycles. The number of carbonyl (C=O) groups is 1. The Morgan fingerprint density at radius 2 is 2.04 bits per heavy atom. The number of likely N-dealkylation sites (tertiary alicyclic amines) is 1. The predicted octanol–water partition coefficient (Wildman–Crippen LogP) is 2.95. The zero-order valence-corrected chi connectivity index (χ0v) is 14.7. The molecule has 2 N–H and O–H groups in total. The van der Waals surface area contributed by atoms with Crippen LogP contribution in [0.25, 0.3) is 0 Å². The molecule has 0 aromatic heterocycles. The number of carbonyl (C=O) groups excluding carboxylic acids is 1. The van der Waals surface area contributed by atoms with Crippen LogP contribution in [-0.4, -0.2) is 43.7 Å². The normalized spacial score (nSPS) is 15.8. The van der Waals surface area contributed by atoms with Crippen molar-refractivity contribution in [3.63, 3.8) is 0 Å². The molecule has 0 aliphatic carbocycles. The third kappa shape index (κ3) is 4.52. The quantitative estimate of drug-likeness (QED) is 0.895. The fraction of sp³-hybridized carbons (Fsp3) is 0.588. The Hall–Kier alpha value is -1.46. The molecule has 1 aromatic rings. The number of nitrogens with zero attached hydrogens (tertiary/aromatic N) is 1. The maximum Gasteiger partial charge on any atom is 0.254 e. The van der Waals surface area contributed by atoms with Crippen LogP contribution in [0.15, 0.2) is 12.1 Å². The summed E-state index contributed by atoms with van der Waals surface area (Å²) in [5.41, 5.74) is 6.40. The second kappa shape index (κ2) is 7.88. The molecule has 1 aromatic carbocycles. The van der Waals surface area contributed by atoms with E-state index >= 15 is 0 Å². The highest BCUT2D eigenvalue weighted by Gasteiger charge is 2.24. The lowest BCUT2D eigenvalue weighted by molar-refractivity contribution is 0.0714. The van der Waals surface area contributed by atoms with E-state index in [1.54, 1.807) is 19.2 Å². The Kier molecular flexibility index (Phi) is 6.13. The Labute approximate surface area is 142 Å². The van der Waals surface area contributed by atoms with Gasteiger partial charge in [0.25, 0.3) is 5.91 Å². The molecule has 2 rings (SSSR count). The zero-order chi connectivity index (χ0) is 17.0. The van der Waals surface area contributed by atoms with Crippen molar-refractivity contribution < 1.29 is 14.3 Å². The molecule has 1 fully saturated rings. The summed E-state index contributed by atoms with van der Waals surface area (Å²) < 4.78 is 11.1. The van der Waals surface area contributed by atoms with Gasteiger partial charge in [0.05, 0.1) is 18.7 Å². The van der Waals surface area contributed by atoms with E-state index in [0.717, 1.165) is 12.8 Å². The first-order valence-electron chi connectivity index (χ1n) is 7.97. The van der Waals surface area contributed by atoms with Crippen LogP contribution in [0, 0.1) is 5.92 Å². The Bertz CT molecular complexity index is 555. The summed E-state index contributed by atoms with van der Waals surface area (Å²) >= 11 is 6.31. The Morgan fingerprint density at radius 3 is 2.61 bits per heavy atom. The molecule has 0 unspecified atom stereocenters. The molecule has 128 valence electrons. The van der Waals surface area contributed by atoms with Gasteiger partial charge in [-0.15, -0.1) is 0 Å². The molecule has 0 atom stereocenters. The number of ether oxygens (including phenoxy) is 2. The van der Waals surface area contributed by atoms with Crippen LogP contribution >= 0.6 is 11.6 Å². The third-order valence-electron chi connectivity index (χ3n) is 3.86. The number of halogens is 1. The lowest BCUT2D eigenvalue weighted by Gasteiger charge is -2.30. The SMILES string of the molecule is COc1cc(C(=O)N2CCC(N)CC2)cc(Cl)c1OCC(C)C. The molecule has 6 heteroatoms. The van der Waals surface area contributed by atoms with Crippen molar-refractivity contribution in [2.45, 2.75) is 32.7 Å². The summed E-state index contributed by atoms with van der Waals surface area (Å²) in [4.78, 5) is 14.4. The molecule has 0 bridgehead atoms. The van der Waals surface area contributed by atoms with Gasteiger partial charge in [0.1, 0.15) is 0 Å². The smallest absolute Gasteiger partial charge is 0.254 e. The van der Waals surface area contributed by atoms with Crippen molar-refractivity contribution in [1.29, 1.82) is 0 Å². The summed E-state index contributed by atoms with van der Waals surface area (Å²) in [6, 6.07) is 3.53. The highest BCUT2D eigenvalue weighted by atomic mass is 35.5. The summed E-state index contributed by atoms with van der Waals surface area (Å²) in [5, 5.41) is 0.391. The zero-order valence-electron chi connectivity index (χ0n) is 14.0. The second-order valence-corrected chi connectivity index (χ2v) is 6.73. The summed E-state index contributed by atoms with van der Waals surface area (Å²) in [6.07, 6.45) is 1.65. The molecule has 1 aliphatic heterocycles. The van der Waals surface area contributed by atoms with E-state index in [0.29, 0.717) is 47.7 Å². The first-order valence-corrected chi connectivity index (χ1v) is 8.35. The molecule has 5 nitrogen and oxygen atoms in total. The van der Waals surface area contributed by atoms with E-state index in [1.165, 1.54) is 0 Å². The van der Waals surface area contributed by atoms with E-state index in [2.05, 4.69) is 13.8 Å². The van der Waals surface area contributed by atoms with Gasteiger partial charge in [0.15, 0.2) is 11.5 Å². The van der Waals surface area contributed by atoms with E-state index in [1.807, 2.05) is 4.90 Å². The van der Waals surface area contributed by atoms with Crippen molar-refractivity contribution in [3.05, 3.63) is 22.7 Å². The number of methoxy groups -OCH3 is 1. The number of hydrogen-bond donors (Lipinski definition) is 1. The van der Waals surface area contributed by atoms with E-state index < -0.39 is 0 Å². The first-order chi connectivity index (χ1) is 10.9. The fourth-order valence-corrected chi connectivity index (χ4v) is 2.78. The monoisotopic (exact) mass is 340 g/mol. The molecule has 0 radical (unpaired) electrons. The molecular formula is C17H25ClN2O3. The van der Waals surface area contributed by atoms with Gasteiger partial charge >= 0.3 is 0 Å². The third-order valence-corrected chi connectivity index (χ3v) is 4.14. The molecule has 1 heterocycles. The summed E-state index contributed by atoms with van der Waals surface area (Å²) in [5.74, 6) is 1.29. The van der Waals surface area contributed by atoms with E-state index in [9.17, 15) is 4.79 Å². The lowest BCUT2D eigenvalue weighted by atomic mass is 10.0. The van der Waals surface area contributed by atoms with Gasteiger partial charge in [-0.2, -0.15) is 0 Å². The van der Waals surface area contributed by atoms with Gasteiger partial charge in [0, 0.05) is 24.7 Å². The maximum absolute atomic E-state index is 12.6. The lowest BCUT2D eigenvalue weighted by Crippen LogP contribution is -2.42. The van der Waals surface area contributed by atoms with Crippen molar-refractivity contribution in [1.82, 2.24) is 4.90 Å². The first kappa shape index (κ1) is 17.9. The molecule has 0 spiro atoms. The van der Waals surface area contributed by atoms with Crippen molar-refractivity contribution in [2.24, 2.45) is 11.7 Å². The van der Waals surface area contributed by atoms with Gasteiger partial charge in [-0.25, -0.2) is 0 Å². The number of hydrogen-bond acceptors (Lipinski definition) is 4. The van der Waals surface area contributed by atoms with Crippen molar-refractivity contribution in [3.8, 4) is 11.5 Å². The van der Waals surface area contributed by atoms with Gasteiger partial charge < -0.3 is 20.1 Å². The average molecular weight is 341 g/mol. The van der Waals surface area contributed by atoms with Crippen LogP contribution in [0.2, 0.25) is 5.02 Å². The standard InChI is InChI=1S/C17H25ClN2O3/c1-11(2)10-23-16-14(18)8-12(9-15(16)22-3)17(21)20-6-4-13(19)5-7-20/h8-9,11,13H,4-7,10,19H2,1-3H3. The maximum atomic E-state index is 12.6. The molecule has 0 saturated carbocycles. The topological polar surface area (TPSA) is 64.8 Å². The number of rotatable bonds is 5.